The van der Waals surface area contributed by atoms with E-state index >= 15 is 0 Å². The summed E-state index contributed by atoms with van der Waals surface area (Å²) in [5.41, 5.74) is 5.81. The molecule has 1 aliphatic heterocycles. The first kappa shape index (κ1) is 15.2. The van der Waals surface area contributed by atoms with Gasteiger partial charge in [-0.25, -0.2) is 8.42 Å². The lowest BCUT2D eigenvalue weighted by molar-refractivity contribution is -0.0121. The minimum absolute atomic E-state index is 0.132. The molecule has 112 valence electrons. The maximum absolute atomic E-state index is 12.5. The van der Waals surface area contributed by atoms with Crippen molar-refractivity contribution in [3.63, 3.8) is 0 Å². The molecule has 5 nitrogen and oxygen atoms in total. The molecule has 2 N–H and O–H groups in total. The van der Waals surface area contributed by atoms with Crippen LogP contribution in [0.5, 0.6) is 0 Å². The van der Waals surface area contributed by atoms with Gasteiger partial charge in [-0.1, -0.05) is 19.3 Å². The van der Waals surface area contributed by atoms with Crippen LogP contribution in [0.1, 0.15) is 39.0 Å². The maximum atomic E-state index is 12.5. The molecule has 2 unspecified atom stereocenters. The van der Waals surface area contributed by atoms with Crippen molar-refractivity contribution in [2.45, 2.75) is 51.2 Å². The van der Waals surface area contributed by atoms with Gasteiger partial charge in [0.05, 0.1) is 18.5 Å². The van der Waals surface area contributed by atoms with Crippen molar-refractivity contribution >= 4 is 10.0 Å². The molecule has 2 aliphatic rings. The van der Waals surface area contributed by atoms with E-state index in [4.69, 9.17) is 10.5 Å². The first-order valence-electron chi connectivity index (χ1n) is 7.34. The Labute approximate surface area is 116 Å². The fourth-order valence-electron chi connectivity index (χ4n) is 2.98. The maximum Gasteiger partial charge on any atom is 0.214 e. The molecule has 0 aromatic carbocycles. The van der Waals surface area contributed by atoms with Gasteiger partial charge in [-0.2, -0.15) is 4.31 Å². The highest BCUT2D eigenvalue weighted by atomic mass is 32.2. The largest absolute Gasteiger partial charge is 0.374 e. The zero-order valence-electron chi connectivity index (χ0n) is 11.8. The Bertz CT molecular complexity index is 377. The van der Waals surface area contributed by atoms with Crippen LogP contribution in [-0.2, 0) is 14.8 Å². The van der Waals surface area contributed by atoms with E-state index in [1.807, 2.05) is 6.92 Å². The lowest BCUT2D eigenvalue weighted by Gasteiger charge is -2.35. The molecule has 0 bridgehead atoms. The number of nitrogens with zero attached hydrogens (tertiary/aromatic N) is 1. The third kappa shape index (κ3) is 4.15. The Morgan fingerprint density at radius 1 is 1.32 bits per heavy atom. The van der Waals surface area contributed by atoms with E-state index in [0.717, 1.165) is 12.8 Å². The Balaban J connectivity index is 1.94. The van der Waals surface area contributed by atoms with Gasteiger partial charge in [0.1, 0.15) is 0 Å². The van der Waals surface area contributed by atoms with Crippen molar-refractivity contribution in [2.24, 2.45) is 11.7 Å². The second-order valence-corrected chi connectivity index (χ2v) is 7.92. The average Bonchev–Trinajstić information content (AvgIpc) is 2.39. The van der Waals surface area contributed by atoms with Crippen LogP contribution in [0.15, 0.2) is 0 Å². The van der Waals surface area contributed by atoms with Gasteiger partial charge in [0.2, 0.25) is 10.0 Å². The standard InChI is InChI=1S/C13H26N2O3S/c1-11(14)13-9-15(7-8-18-13)19(16,17)10-12-5-3-2-4-6-12/h11-13H,2-10,14H2,1H3. The number of ether oxygens (including phenoxy) is 1. The summed E-state index contributed by atoms with van der Waals surface area (Å²) in [5, 5.41) is 0. The molecule has 2 atom stereocenters. The van der Waals surface area contributed by atoms with Crippen LogP contribution in [0, 0.1) is 5.92 Å². The summed E-state index contributed by atoms with van der Waals surface area (Å²) >= 11 is 0. The number of hydrogen-bond donors (Lipinski definition) is 1. The summed E-state index contributed by atoms with van der Waals surface area (Å²) in [6.45, 7) is 3.20. The van der Waals surface area contributed by atoms with Crippen molar-refractivity contribution in [3.05, 3.63) is 0 Å². The molecule has 1 saturated carbocycles. The summed E-state index contributed by atoms with van der Waals surface area (Å²) in [6.07, 6.45) is 5.54. The summed E-state index contributed by atoms with van der Waals surface area (Å²) in [7, 11) is -3.15. The predicted octanol–water partition coefficient (Wildman–Crippen LogP) is 0.945. The fraction of sp³-hybridized carbons (Fsp3) is 1.00. The predicted molar refractivity (Wildman–Crippen MR) is 75.3 cm³/mol. The second-order valence-electron chi connectivity index (χ2n) is 5.91. The highest BCUT2D eigenvalue weighted by molar-refractivity contribution is 7.89. The molecule has 0 amide bonds. The normalized spacial score (nSPS) is 29.3. The third-order valence-corrected chi connectivity index (χ3v) is 6.22. The zero-order chi connectivity index (χ0) is 13.9. The van der Waals surface area contributed by atoms with Crippen LogP contribution < -0.4 is 5.73 Å². The van der Waals surface area contributed by atoms with E-state index < -0.39 is 10.0 Å². The van der Waals surface area contributed by atoms with E-state index in [-0.39, 0.29) is 12.1 Å². The number of hydrogen-bond acceptors (Lipinski definition) is 4. The summed E-state index contributed by atoms with van der Waals surface area (Å²) < 4.78 is 32.0. The Morgan fingerprint density at radius 3 is 2.63 bits per heavy atom. The van der Waals surface area contributed by atoms with E-state index in [1.165, 1.54) is 19.3 Å². The van der Waals surface area contributed by atoms with Crippen molar-refractivity contribution < 1.29 is 13.2 Å². The number of nitrogens with two attached hydrogens (primary N) is 1. The molecule has 1 aliphatic carbocycles. The molecule has 0 aromatic heterocycles. The third-order valence-electron chi connectivity index (χ3n) is 4.21. The monoisotopic (exact) mass is 290 g/mol. The van der Waals surface area contributed by atoms with Crippen LogP contribution >= 0.6 is 0 Å². The molecule has 2 fully saturated rings. The molecular formula is C13H26N2O3S. The molecular weight excluding hydrogens is 264 g/mol. The van der Waals surface area contributed by atoms with Gasteiger partial charge in [-0.05, 0) is 25.7 Å². The van der Waals surface area contributed by atoms with Gasteiger partial charge < -0.3 is 10.5 Å². The van der Waals surface area contributed by atoms with Crippen molar-refractivity contribution in [1.82, 2.24) is 4.31 Å². The fourth-order valence-corrected chi connectivity index (χ4v) is 4.84. The van der Waals surface area contributed by atoms with E-state index in [9.17, 15) is 8.42 Å². The van der Waals surface area contributed by atoms with E-state index in [0.29, 0.717) is 31.4 Å². The molecule has 19 heavy (non-hydrogen) atoms. The molecule has 0 aromatic rings. The van der Waals surface area contributed by atoms with Crippen LogP contribution in [0.2, 0.25) is 0 Å². The smallest absolute Gasteiger partial charge is 0.214 e. The number of sulfonamides is 1. The highest BCUT2D eigenvalue weighted by Crippen LogP contribution is 2.26. The first-order chi connectivity index (χ1) is 8.99. The zero-order valence-corrected chi connectivity index (χ0v) is 12.6. The van der Waals surface area contributed by atoms with Crippen molar-refractivity contribution in [2.75, 3.05) is 25.4 Å². The number of morpholine rings is 1. The van der Waals surface area contributed by atoms with Crippen molar-refractivity contribution in [3.8, 4) is 0 Å². The molecule has 0 spiro atoms. The first-order valence-corrected chi connectivity index (χ1v) is 8.95. The Kier molecular flexibility index (Phi) is 5.22. The van der Waals surface area contributed by atoms with Crippen LogP contribution in [-0.4, -0.2) is 50.3 Å². The number of rotatable bonds is 4. The van der Waals surface area contributed by atoms with Gasteiger partial charge >= 0.3 is 0 Å². The molecule has 2 rings (SSSR count). The molecule has 1 saturated heterocycles. The minimum Gasteiger partial charge on any atom is -0.374 e. The van der Waals surface area contributed by atoms with Crippen LogP contribution in [0.4, 0.5) is 0 Å². The van der Waals surface area contributed by atoms with E-state index in [1.54, 1.807) is 4.31 Å². The van der Waals surface area contributed by atoms with Gasteiger partial charge in [-0.15, -0.1) is 0 Å². The van der Waals surface area contributed by atoms with E-state index in [2.05, 4.69) is 0 Å². The highest BCUT2D eigenvalue weighted by Gasteiger charge is 2.32. The second kappa shape index (κ2) is 6.52. The topological polar surface area (TPSA) is 72.6 Å². The summed E-state index contributed by atoms with van der Waals surface area (Å²) in [4.78, 5) is 0. The van der Waals surface area contributed by atoms with Gasteiger partial charge in [0.15, 0.2) is 0 Å². The Morgan fingerprint density at radius 2 is 2.00 bits per heavy atom. The SMILES string of the molecule is CC(N)C1CN(S(=O)(=O)CC2CCCCC2)CCO1. The van der Waals surface area contributed by atoms with Gasteiger partial charge in [0.25, 0.3) is 0 Å². The quantitative estimate of drug-likeness (QED) is 0.836. The van der Waals surface area contributed by atoms with Crippen LogP contribution in [0.25, 0.3) is 0 Å². The van der Waals surface area contributed by atoms with Gasteiger partial charge in [0, 0.05) is 19.1 Å². The molecule has 6 heteroatoms. The van der Waals surface area contributed by atoms with Crippen molar-refractivity contribution in [1.29, 1.82) is 0 Å². The summed E-state index contributed by atoms with van der Waals surface area (Å²) in [6, 6.07) is -0.132. The lowest BCUT2D eigenvalue weighted by Crippen LogP contribution is -2.52. The molecule has 1 heterocycles. The Hall–Kier alpha value is -0.170. The average molecular weight is 290 g/mol. The van der Waals surface area contributed by atoms with Crippen LogP contribution in [0.3, 0.4) is 0 Å². The molecule has 0 radical (unpaired) electrons. The summed E-state index contributed by atoms with van der Waals surface area (Å²) in [5.74, 6) is 0.647. The van der Waals surface area contributed by atoms with Gasteiger partial charge in [-0.3, -0.25) is 0 Å². The lowest BCUT2D eigenvalue weighted by atomic mass is 9.91. The minimum atomic E-state index is -3.15.